The molecule has 3 N–H and O–H groups in total. The highest BCUT2D eigenvalue weighted by atomic mass is 32.2. The Balaban J connectivity index is 2.47. The van der Waals surface area contributed by atoms with Crippen molar-refractivity contribution < 1.29 is 8.42 Å². The predicted molar refractivity (Wildman–Crippen MR) is 53.2 cm³/mol. The smallest absolute Gasteiger partial charge is 0.210 e. The van der Waals surface area contributed by atoms with Crippen molar-refractivity contribution in [1.29, 1.82) is 0 Å². The number of nitrogens with two attached hydrogens (primary N) is 1. The van der Waals surface area contributed by atoms with E-state index in [9.17, 15) is 8.42 Å². The van der Waals surface area contributed by atoms with Crippen molar-refractivity contribution in [3.63, 3.8) is 0 Å². The summed E-state index contributed by atoms with van der Waals surface area (Å²) in [7, 11) is -3.41. The Kier molecular flexibility index (Phi) is 3.37. The first-order chi connectivity index (χ1) is 6.47. The van der Waals surface area contributed by atoms with E-state index in [4.69, 9.17) is 5.14 Å². The lowest BCUT2D eigenvalue weighted by molar-refractivity contribution is 0.598. The summed E-state index contributed by atoms with van der Waals surface area (Å²) < 4.78 is 21.2. The Labute approximate surface area is 82.6 Å². The van der Waals surface area contributed by atoms with E-state index < -0.39 is 10.0 Å². The molecule has 6 nitrogen and oxygen atoms in total. The van der Waals surface area contributed by atoms with Crippen LogP contribution in [0.1, 0.15) is 5.69 Å². The second-order valence-corrected chi connectivity index (χ2v) is 4.57. The molecule has 0 aliphatic heterocycles. The quantitative estimate of drug-likeness (QED) is 0.706. The molecule has 0 atom stereocenters. The van der Waals surface area contributed by atoms with Gasteiger partial charge in [0.1, 0.15) is 12.1 Å². The fourth-order valence-corrected chi connectivity index (χ4v) is 1.26. The number of rotatable bonds is 4. The molecule has 0 unspecified atom stereocenters. The Morgan fingerprint density at radius 1 is 1.50 bits per heavy atom. The van der Waals surface area contributed by atoms with Gasteiger partial charge in [0.25, 0.3) is 0 Å². The average Bonchev–Trinajstić information content (AvgIpc) is 2.01. The van der Waals surface area contributed by atoms with Crippen LogP contribution in [0.4, 0.5) is 5.82 Å². The van der Waals surface area contributed by atoms with Gasteiger partial charge < -0.3 is 5.32 Å². The minimum Gasteiger partial charge on any atom is -0.369 e. The fraction of sp³-hybridized carbons (Fsp3) is 0.429. The number of primary sulfonamides is 1. The van der Waals surface area contributed by atoms with Crippen molar-refractivity contribution in [2.45, 2.75) is 6.92 Å². The highest BCUT2D eigenvalue weighted by Gasteiger charge is 2.01. The fourth-order valence-electron chi connectivity index (χ4n) is 0.873. The van der Waals surface area contributed by atoms with E-state index in [0.29, 0.717) is 5.82 Å². The molecule has 0 fully saturated rings. The molecular weight excluding hydrogens is 204 g/mol. The molecule has 78 valence electrons. The van der Waals surface area contributed by atoms with Gasteiger partial charge in [-0.3, -0.25) is 0 Å². The highest BCUT2D eigenvalue weighted by Crippen LogP contribution is 2.01. The van der Waals surface area contributed by atoms with Gasteiger partial charge >= 0.3 is 0 Å². The number of aromatic nitrogens is 2. The zero-order valence-electron chi connectivity index (χ0n) is 7.77. The molecule has 14 heavy (non-hydrogen) atoms. The van der Waals surface area contributed by atoms with E-state index in [-0.39, 0.29) is 12.3 Å². The van der Waals surface area contributed by atoms with E-state index in [0.717, 1.165) is 5.69 Å². The lowest BCUT2D eigenvalue weighted by atomic mass is 10.4. The Morgan fingerprint density at radius 3 is 2.79 bits per heavy atom. The van der Waals surface area contributed by atoms with Crippen LogP contribution in [0.15, 0.2) is 12.4 Å². The van der Waals surface area contributed by atoms with Gasteiger partial charge in [-0.25, -0.2) is 23.5 Å². The third-order valence-corrected chi connectivity index (χ3v) is 2.27. The first-order valence-electron chi connectivity index (χ1n) is 4.00. The van der Waals surface area contributed by atoms with Gasteiger partial charge in [-0.15, -0.1) is 0 Å². The third-order valence-electron chi connectivity index (χ3n) is 1.50. The summed E-state index contributed by atoms with van der Waals surface area (Å²) in [5.74, 6) is 0.483. The van der Waals surface area contributed by atoms with Gasteiger partial charge in [0.05, 0.1) is 5.75 Å². The van der Waals surface area contributed by atoms with Crippen LogP contribution in [0.3, 0.4) is 0 Å². The SMILES string of the molecule is Cc1cc(NCCS(N)(=O)=O)ncn1. The van der Waals surface area contributed by atoms with Crippen molar-refractivity contribution >= 4 is 15.8 Å². The van der Waals surface area contributed by atoms with Crippen LogP contribution in [0.25, 0.3) is 0 Å². The summed E-state index contributed by atoms with van der Waals surface area (Å²) in [4.78, 5) is 7.80. The van der Waals surface area contributed by atoms with Gasteiger partial charge in [0.15, 0.2) is 0 Å². The number of nitrogens with one attached hydrogen (secondary N) is 1. The van der Waals surface area contributed by atoms with Crippen LogP contribution in [-0.2, 0) is 10.0 Å². The largest absolute Gasteiger partial charge is 0.369 e. The minimum atomic E-state index is -3.41. The molecule has 0 amide bonds. The molecule has 1 heterocycles. The number of hydrogen-bond acceptors (Lipinski definition) is 5. The molecule has 0 bridgehead atoms. The third kappa shape index (κ3) is 4.15. The second kappa shape index (κ2) is 4.34. The average molecular weight is 216 g/mol. The maximum absolute atomic E-state index is 10.6. The number of nitrogens with zero attached hydrogens (tertiary/aromatic N) is 2. The molecule has 1 aromatic heterocycles. The van der Waals surface area contributed by atoms with Crippen molar-refractivity contribution in [3.8, 4) is 0 Å². The lowest BCUT2D eigenvalue weighted by Crippen LogP contribution is -2.22. The summed E-state index contributed by atoms with van der Waals surface area (Å²) in [5, 5.41) is 7.66. The Bertz CT molecular complexity index is 404. The van der Waals surface area contributed by atoms with E-state index in [1.165, 1.54) is 6.33 Å². The Morgan fingerprint density at radius 2 is 2.21 bits per heavy atom. The minimum absolute atomic E-state index is 0.115. The van der Waals surface area contributed by atoms with Crippen molar-refractivity contribution in [3.05, 3.63) is 18.1 Å². The van der Waals surface area contributed by atoms with Gasteiger partial charge in [0, 0.05) is 18.3 Å². The summed E-state index contributed by atoms with van der Waals surface area (Å²) in [6, 6.07) is 1.73. The molecule has 0 aromatic carbocycles. The molecular formula is C7H12N4O2S. The molecule has 7 heteroatoms. The number of hydrogen-bond donors (Lipinski definition) is 2. The maximum Gasteiger partial charge on any atom is 0.210 e. The molecule has 0 saturated heterocycles. The normalized spacial score (nSPS) is 11.3. The van der Waals surface area contributed by atoms with Crippen LogP contribution < -0.4 is 10.5 Å². The summed E-state index contributed by atoms with van der Waals surface area (Å²) in [5.41, 5.74) is 0.818. The monoisotopic (exact) mass is 216 g/mol. The van der Waals surface area contributed by atoms with Gasteiger partial charge in [-0.1, -0.05) is 0 Å². The highest BCUT2D eigenvalue weighted by molar-refractivity contribution is 7.89. The number of anilines is 1. The first-order valence-corrected chi connectivity index (χ1v) is 5.72. The first kappa shape index (κ1) is 10.9. The van der Waals surface area contributed by atoms with Gasteiger partial charge in [-0.05, 0) is 6.92 Å². The summed E-state index contributed by atoms with van der Waals surface area (Å²) in [6.45, 7) is 2.07. The molecule has 0 aliphatic rings. The topological polar surface area (TPSA) is 98.0 Å². The standard InChI is InChI=1S/C7H12N4O2S/c1-6-4-7(11-5-10-6)9-2-3-14(8,12)13/h4-5H,2-3H2,1H3,(H2,8,12,13)(H,9,10,11). The molecule has 1 rings (SSSR count). The van der Waals surface area contributed by atoms with Crippen molar-refractivity contribution in [1.82, 2.24) is 9.97 Å². The van der Waals surface area contributed by atoms with Crippen LogP contribution in [0.2, 0.25) is 0 Å². The van der Waals surface area contributed by atoms with Crippen molar-refractivity contribution in [2.75, 3.05) is 17.6 Å². The van der Waals surface area contributed by atoms with Crippen LogP contribution >= 0.6 is 0 Å². The zero-order chi connectivity index (χ0) is 10.6. The molecule has 0 saturated carbocycles. The Hall–Kier alpha value is -1.21. The molecule has 1 aromatic rings. The van der Waals surface area contributed by atoms with Crippen LogP contribution in [0, 0.1) is 6.92 Å². The van der Waals surface area contributed by atoms with E-state index >= 15 is 0 Å². The van der Waals surface area contributed by atoms with E-state index in [2.05, 4.69) is 15.3 Å². The number of aryl methyl sites for hydroxylation is 1. The maximum atomic E-state index is 10.6. The van der Waals surface area contributed by atoms with E-state index in [1.807, 2.05) is 6.92 Å². The predicted octanol–water partition coefficient (Wildman–Crippen LogP) is -0.515. The van der Waals surface area contributed by atoms with Crippen LogP contribution in [0.5, 0.6) is 0 Å². The van der Waals surface area contributed by atoms with Gasteiger partial charge in [-0.2, -0.15) is 0 Å². The molecule has 0 spiro atoms. The lowest BCUT2D eigenvalue weighted by Gasteiger charge is -2.03. The zero-order valence-corrected chi connectivity index (χ0v) is 8.58. The molecule has 0 radical (unpaired) electrons. The van der Waals surface area contributed by atoms with Crippen LogP contribution in [-0.4, -0.2) is 30.7 Å². The van der Waals surface area contributed by atoms with Gasteiger partial charge in [0.2, 0.25) is 10.0 Å². The molecule has 0 aliphatic carbocycles. The summed E-state index contributed by atoms with van der Waals surface area (Å²) >= 11 is 0. The second-order valence-electron chi connectivity index (χ2n) is 2.84. The van der Waals surface area contributed by atoms with E-state index in [1.54, 1.807) is 6.07 Å². The van der Waals surface area contributed by atoms with Crippen molar-refractivity contribution in [2.24, 2.45) is 5.14 Å². The summed E-state index contributed by atoms with van der Waals surface area (Å²) in [6.07, 6.45) is 1.41. The number of sulfonamides is 1.